The van der Waals surface area contributed by atoms with Crippen LogP contribution in [0.4, 0.5) is 5.69 Å². The van der Waals surface area contributed by atoms with Gasteiger partial charge in [-0.25, -0.2) is 0 Å². The molecule has 1 fully saturated rings. The minimum Gasteiger partial charge on any atom is -0.309 e. The monoisotopic (exact) mass is 338 g/mol. The molecular formula is C18H18N4OS. The van der Waals surface area contributed by atoms with E-state index in [1.165, 1.54) is 0 Å². The molecule has 3 aromatic rings. The molecule has 0 saturated carbocycles. The van der Waals surface area contributed by atoms with Gasteiger partial charge in [-0.15, -0.1) is 11.8 Å². The predicted molar refractivity (Wildman–Crippen MR) is 96.2 cm³/mol. The lowest BCUT2D eigenvalue weighted by atomic mass is 10.1. The molecule has 0 unspecified atom stereocenters. The van der Waals surface area contributed by atoms with Crippen LogP contribution in [0.3, 0.4) is 0 Å². The van der Waals surface area contributed by atoms with E-state index in [0.29, 0.717) is 0 Å². The average molecular weight is 338 g/mol. The van der Waals surface area contributed by atoms with Crippen molar-refractivity contribution in [2.75, 3.05) is 11.4 Å². The van der Waals surface area contributed by atoms with Gasteiger partial charge >= 0.3 is 0 Å². The molecule has 1 aromatic carbocycles. The maximum atomic E-state index is 12.9. The van der Waals surface area contributed by atoms with Crippen molar-refractivity contribution in [3.63, 3.8) is 0 Å². The van der Waals surface area contributed by atoms with Crippen molar-refractivity contribution in [2.45, 2.75) is 23.0 Å². The van der Waals surface area contributed by atoms with Crippen LogP contribution in [0.5, 0.6) is 0 Å². The quantitative estimate of drug-likeness (QED) is 0.735. The molecule has 24 heavy (non-hydrogen) atoms. The van der Waals surface area contributed by atoms with Crippen LogP contribution in [0.2, 0.25) is 0 Å². The van der Waals surface area contributed by atoms with Crippen LogP contribution in [-0.2, 0) is 11.8 Å². The molecule has 1 amide bonds. The first-order valence-electron chi connectivity index (χ1n) is 8.03. The summed E-state index contributed by atoms with van der Waals surface area (Å²) in [5, 5.41) is 5.23. The molecule has 0 aliphatic carbocycles. The summed E-state index contributed by atoms with van der Waals surface area (Å²) in [5.41, 5.74) is 1.85. The predicted octanol–water partition coefficient (Wildman–Crippen LogP) is 3.26. The highest BCUT2D eigenvalue weighted by Gasteiger charge is 2.31. The van der Waals surface area contributed by atoms with Crippen LogP contribution in [0.15, 0.2) is 53.8 Å². The van der Waals surface area contributed by atoms with E-state index in [-0.39, 0.29) is 11.2 Å². The van der Waals surface area contributed by atoms with Crippen molar-refractivity contribution in [2.24, 2.45) is 7.05 Å². The van der Waals surface area contributed by atoms with Crippen LogP contribution < -0.4 is 4.90 Å². The minimum absolute atomic E-state index is 0.0650. The molecule has 1 aliphatic rings. The van der Waals surface area contributed by atoms with E-state index in [0.717, 1.165) is 40.9 Å². The van der Waals surface area contributed by atoms with Gasteiger partial charge < -0.3 is 4.90 Å². The molecule has 0 radical (unpaired) electrons. The van der Waals surface area contributed by atoms with Gasteiger partial charge in [0.05, 0.1) is 22.7 Å². The number of rotatable bonds is 3. The number of anilines is 1. The maximum Gasteiger partial charge on any atom is 0.240 e. The van der Waals surface area contributed by atoms with E-state index >= 15 is 0 Å². The Kier molecular flexibility index (Phi) is 3.98. The van der Waals surface area contributed by atoms with E-state index in [2.05, 4.69) is 16.1 Å². The third-order valence-electron chi connectivity index (χ3n) is 4.27. The highest BCUT2D eigenvalue weighted by molar-refractivity contribution is 8.00. The van der Waals surface area contributed by atoms with Crippen LogP contribution in [0.1, 0.15) is 12.8 Å². The van der Waals surface area contributed by atoms with Crippen LogP contribution in [0, 0.1) is 0 Å². The lowest BCUT2D eigenvalue weighted by molar-refractivity contribution is -0.119. The summed E-state index contributed by atoms with van der Waals surface area (Å²) in [6.45, 7) is 0.763. The van der Waals surface area contributed by atoms with E-state index < -0.39 is 0 Å². The summed E-state index contributed by atoms with van der Waals surface area (Å²) >= 11 is 1.65. The summed E-state index contributed by atoms with van der Waals surface area (Å²) in [5.74, 6) is 0.167. The number of para-hydroxylation sites is 1. The normalized spacial score (nSPS) is 18.3. The molecule has 2 aromatic heterocycles. The van der Waals surface area contributed by atoms with Gasteiger partial charge in [-0.1, -0.05) is 18.2 Å². The Morgan fingerprint density at radius 2 is 2.12 bits per heavy atom. The number of thioether (sulfide) groups is 1. The molecule has 1 aliphatic heterocycles. The molecule has 0 spiro atoms. The van der Waals surface area contributed by atoms with Gasteiger partial charge in [-0.05, 0) is 25.0 Å². The topological polar surface area (TPSA) is 51.0 Å². The number of hydrogen-bond acceptors (Lipinski definition) is 4. The van der Waals surface area contributed by atoms with Crippen LogP contribution in [0.25, 0.3) is 10.9 Å². The second-order valence-corrected chi connectivity index (χ2v) is 7.18. The molecule has 4 rings (SSSR count). The fourth-order valence-electron chi connectivity index (χ4n) is 3.08. The molecule has 0 N–H and O–H groups in total. The van der Waals surface area contributed by atoms with E-state index in [9.17, 15) is 4.79 Å². The van der Waals surface area contributed by atoms with Gasteiger partial charge in [0, 0.05) is 36.3 Å². The number of piperidine rings is 1. The number of benzene rings is 1. The van der Waals surface area contributed by atoms with Crippen molar-refractivity contribution in [1.82, 2.24) is 14.8 Å². The molecular weight excluding hydrogens is 320 g/mol. The highest BCUT2D eigenvalue weighted by atomic mass is 32.2. The van der Waals surface area contributed by atoms with Crippen molar-refractivity contribution in [3.05, 3.63) is 48.9 Å². The number of nitrogens with zero attached hydrogens (tertiary/aromatic N) is 4. The Labute approximate surface area is 144 Å². The zero-order chi connectivity index (χ0) is 16.5. The lowest BCUT2D eigenvalue weighted by Crippen LogP contribution is -2.42. The number of aromatic nitrogens is 3. The molecule has 0 bridgehead atoms. The summed E-state index contributed by atoms with van der Waals surface area (Å²) in [7, 11) is 1.87. The third-order valence-corrected chi connectivity index (χ3v) is 5.60. The van der Waals surface area contributed by atoms with Crippen LogP contribution in [-0.4, -0.2) is 32.5 Å². The lowest BCUT2D eigenvalue weighted by Gasteiger charge is -2.31. The van der Waals surface area contributed by atoms with Gasteiger partial charge in [-0.3, -0.25) is 14.5 Å². The first kappa shape index (κ1) is 15.2. The number of amides is 1. The standard InChI is InChI=1S/C18H18N4OS/c1-21-12-13(11-20-21)22-10-4-7-17(18(22)23)24-16-8-9-19-15-6-3-2-5-14(15)16/h2-3,5-6,8-9,11-12,17H,4,7,10H2,1H3/t17-/m1/s1. The average Bonchev–Trinajstić information content (AvgIpc) is 3.03. The number of fused-ring (bicyclic) bond motifs is 1. The summed E-state index contributed by atoms with van der Waals surface area (Å²) in [6.07, 6.45) is 7.37. The Morgan fingerprint density at radius 1 is 1.25 bits per heavy atom. The molecule has 3 heterocycles. The number of carbonyl (C=O) groups is 1. The molecule has 5 nitrogen and oxygen atoms in total. The molecule has 1 saturated heterocycles. The van der Waals surface area contributed by atoms with Crippen molar-refractivity contribution < 1.29 is 4.79 Å². The number of carbonyl (C=O) groups excluding carboxylic acids is 1. The summed E-state index contributed by atoms with van der Waals surface area (Å²) in [4.78, 5) is 20.3. The highest BCUT2D eigenvalue weighted by Crippen LogP contribution is 2.35. The van der Waals surface area contributed by atoms with Crippen molar-refractivity contribution >= 4 is 34.3 Å². The largest absolute Gasteiger partial charge is 0.309 e. The Morgan fingerprint density at radius 3 is 2.96 bits per heavy atom. The number of hydrogen-bond donors (Lipinski definition) is 0. The zero-order valence-corrected chi connectivity index (χ0v) is 14.2. The summed E-state index contributed by atoms with van der Waals surface area (Å²) < 4.78 is 1.73. The number of pyridine rings is 1. The fourth-order valence-corrected chi connectivity index (χ4v) is 4.34. The number of aryl methyl sites for hydroxylation is 1. The van der Waals surface area contributed by atoms with Gasteiger partial charge in [0.2, 0.25) is 5.91 Å². The van der Waals surface area contributed by atoms with Crippen LogP contribution >= 0.6 is 11.8 Å². The van der Waals surface area contributed by atoms with Gasteiger partial charge in [0.25, 0.3) is 0 Å². The molecule has 1 atom stereocenters. The second kappa shape index (κ2) is 6.28. The SMILES string of the molecule is Cn1cc(N2CCC[C@@H](Sc3ccnc4ccccc34)C2=O)cn1. The minimum atomic E-state index is -0.0650. The maximum absolute atomic E-state index is 12.9. The fraction of sp³-hybridized carbons (Fsp3) is 0.278. The Balaban J connectivity index is 1.60. The van der Waals surface area contributed by atoms with Gasteiger partial charge in [0.15, 0.2) is 0 Å². The van der Waals surface area contributed by atoms with E-state index in [1.54, 1.807) is 22.6 Å². The Bertz CT molecular complexity index is 886. The molecule has 122 valence electrons. The third kappa shape index (κ3) is 2.78. The van der Waals surface area contributed by atoms with Crippen molar-refractivity contribution in [1.29, 1.82) is 0 Å². The smallest absolute Gasteiger partial charge is 0.240 e. The van der Waals surface area contributed by atoms with Gasteiger partial charge in [0.1, 0.15) is 0 Å². The van der Waals surface area contributed by atoms with Gasteiger partial charge in [-0.2, -0.15) is 5.10 Å². The zero-order valence-electron chi connectivity index (χ0n) is 13.4. The second-order valence-electron chi connectivity index (χ2n) is 5.94. The Hall–Kier alpha value is -2.34. The van der Waals surface area contributed by atoms with E-state index in [1.807, 2.05) is 48.6 Å². The van der Waals surface area contributed by atoms with Crippen molar-refractivity contribution in [3.8, 4) is 0 Å². The molecule has 6 heteroatoms. The van der Waals surface area contributed by atoms with E-state index in [4.69, 9.17) is 0 Å². The first-order valence-corrected chi connectivity index (χ1v) is 8.91. The first-order chi connectivity index (χ1) is 11.7. The summed E-state index contributed by atoms with van der Waals surface area (Å²) in [6, 6.07) is 10.1.